The molecule has 2 aromatic rings. The molecule has 1 aliphatic rings. The first-order valence-electron chi connectivity index (χ1n) is 10.9. The Balaban J connectivity index is 1.57. The highest BCUT2D eigenvalue weighted by atomic mass is 16.5. The largest absolute Gasteiger partial charge is 0.462 e. The molecular formula is C23H30N4O5. The lowest BCUT2D eigenvalue weighted by Crippen LogP contribution is -2.48. The highest BCUT2D eigenvalue weighted by molar-refractivity contribution is 6.02. The first-order chi connectivity index (χ1) is 15.3. The van der Waals surface area contributed by atoms with Crippen LogP contribution in [0.2, 0.25) is 0 Å². The van der Waals surface area contributed by atoms with Crippen molar-refractivity contribution in [1.29, 1.82) is 0 Å². The molecule has 0 atom stereocenters. The number of esters is 2. The number of nitrogens with zero attached hydrogens (tertiary/aromatic N) is 3. The summed E-state index contributed by atoms with van der Waals surface area (Å²) in [7, 11) is 0. The van der Waals surface area contributed by atoms with Gasteiger partial charge < -0.3 is 19.4 Å². The van der Waals surface area contributed by atoms with Gasteiger partial charge in [-0.2, -0.15) is 0 Å². The molecule has 1 fully saturated rings. The van der Waals surface area contributed by atoms with E-state index in [-0.39, 0.29) is 24.9 Å². The summed E-state index contributed by atoms with van der Waals surface area (Å²) in [5.41, 5.74) is 2.61. The van der Waals surface area contributed by atoms with Crippen LogP contribution in [0.4, 0.5) is 5.82 Å². The van der Waals surface area contributed by atoms with Crippen molar-refractivity contribution >= 4 is 23.5 Å². The number of carbonyl (C=O) groups is 3. The number of hydrogen-bond acceptors (Lipinski definition) is 8. The van der Waals surface area contributed by atoms with Crippen LogP contribution in [-0.4, -0.2) is 78.5 Å². The number of ketones is 1. The lowest BCUT2D eigenvalue weighted by Gasteiger charge is -2.35. The van der Waals surface area contributed by atoms with E-state index in [1.807, 2.05) is 6.07 Å². The van der Waals surface area contributed by atoms with Crippen molar-refractivity contribution in [2.24, 2.45) is 0 Å². The van der Waals surface area contributed by atoms with Crippen LogP contribution in [0.15, 0.2) is 18.3 Å². The maximum Gasteiger partial charge on any atom is 0.340 e. The molecule has 3 heterocycles. The number of piperazine rings is 1. The normalized spacial score (nSPS) is 14.3. The average molecular weight is 443 g/mol. The molecule has 0 radical (unpaired) electrons. The molecule has 0 amide bonds. The van der Waals surface area contributed by atoms with Gasteiger partial charge in [-0.3, -0.25) is 9.69 Å². The van der Waals surface area contributed by atoms with Gasteiger partial charge in [-0.1, -0.05) is 0 Å². The van der Waals surface area contributed by atoms with Crippen LogP contribution < -0.4 is 4.90 Å². The number of ether oxygens (including phenoxy) is 2. The molecule has 0 bridgehead atoms. The van der Waals surface area contributed by atoms with E-state index in [0.29, 0.717) is 47.8 Å². The van der Waals surface area contributed by atoms with E-state index in [2.05, 4.69) is 19.8 Å². The zero-order valence-electron chi connectivity index (χ0n) is 19.1. The van der Waals surface area contributed by atoms with Gasteiger partial charge in [0.1, 0.15) is 5.82 Å². The van der Waals surface area contributed by atoms with Gasteiger partial charge in [0.2, 0.25) is 0 Å². The smallest absolute Gasteiger partial charge is 0.340 e. The number of pyridine rings is 1. The Morgan fingerprint density at radius 1 is 1.00 bits per heavy atom. The molecule has 2 aromatic heterocycles. The van der Waals surface area contributed by atoms with Gasteiger partial charge in [0, 0.05) is 38.1 Å². The number of aromatic amines is 1. The van der Waals surface area contributed by atoms with Crippen molar-refractivity contribution in [2.75, 3.05) is 50.8 Å². The minimum Gasteiger partial charge on any atom is -0.462 e. The minimum atomic E-state index is -0.409. The highest BCUT2D eigenvalue weighted by Crippen LogP contribution is 2.20. The van der Waals surface area contributed by atoms with E-state index in [1.54, 1.807) is 33.8 Å². The predicted octanol–water partition coefficient (Wildman–Crippen LogP) is 2.38. The second-order valence-electron chi connectivity index (χ2n) is 7.66. The Hall–Kier alpha value is -3.20. The lowest BCUT2D eigenvalue weighted by molar-refractivity contribution is 0.0515. The van der Waals surface area contributed by atoms with E-state index < -0.39 is 5.97 Å². The van der Waals surface area contributed by atoms with Crippen molar-refractivity contribution in [2.45, 2.75) is 27.7 Å². The molecule has 32 heavy (non-hydrogen) atoms. The van der Waals surface area contributed by atoms with Crippen molar-refractivity contribution in [3.63, 3.8) is 0 Å². The van der Waals surface area contributed by atoms with Crippen molar-refractivity contribution in [3.8, 4) is 0 Å². The summed E-state index contributed by atoms with van der Waals surface area (Å²) < 4.78 is 10.1. The Bertz CT molecular complexity index is 975. The van der Waals surface area contributed by atoms with E-state index in [4.69, 9.17) is 9.47 Å². The van der Waals surface area contributed by atoms with E-state index in [1.165, 1.54) is 6.20 Å². The zero-order valence-corrected chi connectivity index (χ0v) is 19.1. The van der Waals surface area contributed by atoms with Gasteiger partial charge in [0.15, 0.2) is 5.78 Å². The maximum absolute atomic E-state index is 12.9. The zero-order chi connectivity index (χ0) is 23.3. The summed E-state index contributed by atoms with van der Waals surface area (Å²) in [5, 5.41) is 0. The van der Waals surface area contributed by atoms with Crippen molar-refractivity contribution in [1.82, 2.24) is 14.9 Å². The predicted molar refractivity (Wildman–Crippen MR) is 119 cm³/mol. The number of Topliss-reactive ketones (excluding diaryl/α,β-unsaturated/α-hetero) is 1. The van der Waals surface area contributed by atoms with Gasteiger partial charge in [-0.05, 0) is 45.4 Å². The second-order valence-corrected chi connectivity index (χ2v) is 7.66. The Kier molecular flexibility index (Phi) is 7.63. The van der Waals surface area contributed by atoms with Crippen LogP contribution >= 0.6 is 0 Å². The highest BCUT2D eigenvalue weighted by Gasteiger charge is 2.25. The number of rotatable bonds is 8. The number of nitrogens with one attached hydrogen (secondary N) is 1. The number of hydrogen-bond donors (Lipinski definition) is 1. The summed E-state index contributed by atoms with van der Waals surface area (Å²) in [5.74, 6) is -0.0471. The van der Waals surface area contributed by atoms with Crippen molar-refractivity contribution < 1.29 is 23.9 Å². The van der Waals surface area contributed by atoms with Crippen LogP contribution in [0.5, 0.6) is 0 Å². The molecule has 0 unspecified atom stereocenters. The van der Waals surface area contributed by atoms with Crippen LogP contribution in [0, 0.1) is 13.8 Å². The first kappa shape index (κ1) is 23.5. The third kappa shape index (κ3) is 5.16. The van der Waals surface area contributed by atoms with Crippen LogP contribution in [0.25, 0.3) is 0 Å². The van der Waals surface area contributed by atoms with E-state index in [0.717, 1.165) is 18.9 Å². The summed E-state index contributed by atoms with van der Waals surface area (Å²) >= 11 is 0. The second kappa shape index (κ2) is 10.4. The summed E-state index contributed by atoms with van der Waals surface area (Å²) in [6, 6.07) is 3.53. The van der Waals surface area contributed by atoms with Gasteiger partial charge in [-0.15, -0.1) is 0 Å². The molecule has 3 rings (SSSR count). The summed E-state index contributed by atoms with van der Waals surface area (Å²) in [6.45, 7) is 10.8. The van der Waals surface area contributed by atoms with Crippen molar-refractivity contribution in [3.05, 3.63) is 46.4 Å². The molecule has 1 N–H and O–H groups in total. The minimum absolute atomic E-state index is 0.0495. The average Bonchev–Trinajstić information content (AvgIpc) is 3.09. The fraction of sp³-hybridized carbons (Fsp3) is 0.478. The molecule has 1 aliphatic heterocycles. The Morgan fingerprint density at radius 3 is 2.25 bits per heavy atom. The quantitative estimate of drug-likeness (QED) is 0.491. The van der Waals surface area contributed by atoms with Gasteiger partial charge >= 0.3 is 11.9 Å². The third-order valence-electron chi connectivity index (χ3n) is 5.52. The molecule has 1 saturated heterocycles. The maximum atomic E-state index is 12.9. The molecule has 0 saturated carbocycles. The fourth-order valence-corrected chi connectivity index (χ4v) is 3.86. The Morgan fingerprint density at radius 2 is 1.66 bits per heavy atom. The van der Waals surface area contributed by atoms with Crippen LogP contribution in [0.3, 0.4) is 0 Å². The van der Waals surface area contributed by atoms with Gasteiger partial charge in [-0.25, -0.2) is 14.6 Å². The Labute approximate surface area is 187 Å². The number of carbonyl (C=O) groups excluding carboxylic acids is 3. The monoisotopic (exact) mass is 442 g/mol. The van der Waals surface area contributed by atoms with Crippen LogP contribution in [-0.2, 0) is 9.47 Å². The lowest BCUT2D eigenvalue weighted by atomic mass is 10.1. The molecule has 172 valence electrons. The van der Waals surface area contributed by atoms with Gasteiger partial charge in [0.25, 0.3) is 0 Å². The standard InChI is InChI=1S/C23H30N4O5/c1-5-31-22(29)17-7-8-19(24-13-17)27-11-9-26(10-12-27)14-18(28)21-15(3)20(16(4)25-21)23(30)32-6-2/h7-8,13,25H,5-6,9-12,14H2,1-4H3. The summed E-state index contributed by atoms with van der Waals surface area (Å²) in [6.07, 6.45) is 1.53. The fourth-order valence-electron chi connectivity index (χ4n) is 3.86. The number of anilines is 1. The number of aryl methyl sites for hydroxylation is 1. The molecule has 9 heteroatoms. The van der Waals surface area contributed by atoms with E-state index >= 15 is 0 Å². The molecule has 0 spiro atoms. The van der Waals surface area contributed by atoms with E-state index in [9.17, 15) is 14.4 Å². The molecular weight excluding hydrogens is 412 g/mol. The number of aromatic nitrogens is 2. The number of H-pyrrole nitrogens is 1. The molecule has 9 nitrogen and oxygen atoms in total. The van der Waals surface area contributed by atoms with Gasteiger partial charge in [0.05, 0.1) is 36.6 Å². The third-order valence-corrected chi connectivity index (χ3v) is 5.52. The summed E-state index contributed by atoms with van der Waals surface area (Å²) in [4.78, 5) is 48.5. The first-order valence-corrected chi connectivity index (χ1v) is 10.9. The van der Waals surface area contributed by atoms with Crippen LogP contribution in [0.1, 0.15) is 56.3 Å². The SMILES string of the molecule is CCOC(=O)c1ccc(N2CCN(CC(=O)c3[nH]c(C)c(C(=O)OCC)c3C)CC2)nc1. The molecule has 0 aromatic carbocycles. The molecule has 0 aliphatic carbocycles. The topological polar surface area (TPSA) is 105 Å².